The van der Waals surface area contributed by atoms with Gasteiger partial charge < -0.3 is 4.74 Å². The van der Waals surface area contributed by atoms with Gasteiger partial charge in [0.15, 0.2) is 0 Å². The number of rotatable bonds is 5. The van der Waals surface area contributed by atoms with Gasteiger partial charge in [0.05, 0.1) is 0 Å². The van der Waals surface area contributed by atoms with Gasteiger partial charge in [-0.15, -0.1) is 0 Å². The highest BCUT2D eigenvalue weighted by Gasteiger charge is 2.64. The molecule has 3 aromatic rings. The summed E-state index contributed by atoms with van der Waals surface area (Å²) in [5.74, 6) is -0.0121. The van der Waals surface area contributed by atoms with Gasteiger partial charge in [-0.25, -0.2) is 0 Å². The summed E-state index contributed by atoms with van der Waals surface area (Å²) < 4.78 is 6.02. The molecule has 0 bridgehead atoms. The van der Waals surface area contributed by atoms with Crippen LogP contribution in [-0.2, 0) is 4.74 Å². The van der Waals surface area contributed by atoms with Crippen LogP contribution in [0, 0.1) is 0 Å². The lowest BCUT2D eigenvalue weighted by atomic mass is 10.0. The summed E-state index contributed by atoms with van der Waals surface area (Å²) in [5.41, 5.74) is 1.66. The van der Waals surface area contributed by atoms with E-state index in [0.717, 1.165) is 10.5 Å². The summed E-state index contributed by atoms with van der Waals surface area (Å²) in [4.78, 5) is 13.2. The molecule has 1 aliphatic heterocycles. The molecular weight excluding hydrogens is 352 g/mol. The van der Waals surface area contributed by atoms with E-state index < -0.39 is 4.93 Å². The molecule has 0 aliphatic carbocycles. The lowest BCUT2D eigenvalue weighted by Crippen LogP contribution is -2.21. The van der Waals surface area contributed by atoms with Gasteiger partial charge in [0.1, 0.15) is 6.10 Å². The number of ketones is 1. The molecular formula is C21H15ClO2S. The van der Waals surface area contributed by atoms with Crippen LogP contribution >= 0.6 is 23.4 Å². The van der Waals surface area contributed by atoms with Crippen molar-refractivity contribution in [2.24, 2.45) is 0 Å². The number of thioether (sulfide) groups is 1. The minimum absolute atomic E-state index is 0.0121. The van der Waals surface area contributed by atoms with Crippen molar-refractivity contribution < 1.29 is 9.53 Å². The van der Waals surface area contributed by atoms with Crippen molar-refractivity contribution in [3.63, 3.8) is 0 Å². The molecule has 124 valence electrons. The number of Topliss-reactive ketones (excluding diaryl/α,β-unsaturated/α-hetero) is 1. The first kappa shape index (κ1) is 16.4. The van der Waals surface area contributed by atoms with E-state index in [9.17, 15) is 4.79 Å². The van der Waals surface area contributed by atoms with Gasteiger partial charge in [-0.1, -0.05) is 84.0 Å². The van der Waals surface area contributed by atoms with Crippen molar-refractivity contribution in [3.8, 4) is 0 Å². The maximum Gasteiger partial charge on any atom is 0.212 e. The van der Waals surface area contributed by atoms with E-state index in [4.69, 9.17) is 16.3 Å². The monoisotopic (exact) mass is 366 g/mol. The average molecular weight is 367 g/mol. The smallest absolute Gasteiger partial charge is 0.212 e. The number of carbonyl (C=O) groups excluding carboxylic acids is 1. The van der Waals surface area contributed by atoms with E-state index >= 15 is 0 Å². The van der Waals surface area contributed by atoms with Crippen molar-refractivity contribution in [1.82, 2.24) is 0 Å². The minimum atomic E-state index is -0.934. The molecule has 0 spiro atoms. The highest BCUT2D eigenvalue weighted by atomic mass is 35.5. The number of carbonyl (C=O) groups is 1. The predicted molar refractivity (Wildman–Crippen MR) is 101 cm³/mol. The average Bonchev–Trinajstić information content (AvgIpc) is 3.40. The highest BCUT2D eigenvalue weighted by Crippen LogP contribution is 2.60. The van der Waals surface area contributed by atoms with Crippen LogP contribution in [0.4, 0.5) is 0 Å². The molecule has 3 aromatic carbocycles. The molecule has 0 saturated carbocycles. The fourth-order valence-corrected chi connectivity index (χ4v) is 4.17. The molecule has 4 rings (SSSR count). The second-order valence-electron chi connectivity index (χ2n) is 5.83. The summed E-state index contributed by atoms with van der Waals surface area (Å²) in [6, 6.07) is 26.6. The van der Waals surface area contributed by atoms with Crippen LogP contribution in [0.2, 0.25) is 5.02 Å². The number of epoxide rings is 1. The normalized spacial score (nSPS) is 21.7. The van der Waals surface area contributed by atoms with Gasteiger partial charge in [-0.2, -0.15) is 0 Å². The lowest BCUT2D eigenvalue weighted by Gasteiger charge is -2.12. The van der Waals surface area contributed by atoms with E-state index in [2.05, 4.69) is 0 Å². The standard InChI is InChI=1S/C21H15ClO2S/c22-17-11-13-18(14-12-17)25-21(19(23)15-7-3-1-4-8-15)20(24-21)16-9-5-2-6-10-16/h1-14,20H. The molecule has 1 saturated heterocycles. The molecule has 2 nitrogen and oxygen atoms in total. The van der Waals surface area contributed by atoms with Gasteiger partial charge >= 0.3 is 0 Å². The Hall–Kier alpha value is -2.07. The molecule has 2 atom stereocenters. The van der Waals surface area contributed by atoms with E-state index in [-0.39, 0.29) is 11.9 Å². The van der Waals surface area contributed by atoms with Crippen LogP contribution < -0.4 is 0 Å². The van der Waals surface area contributed by atoms with E-state index in [1.165, 1.54) is 11.8 Å². The zero-order chi connectivity index (χ0) is 17.3. The summed E-state index contributed by atoms with van der Waals surface area (Å²) >= 11 is 7.42. The Kier molecular flexibility index (Phi) is 4.38. The molecule has 4 heteroatoms. The van der Waals surface area contributed by atoms with Gasteiger partial charge in [0.25, 0.3) is 0 Å². The Balaban J connectivity index is 1.69. The van der Waals surface area contributed by atoms with E-state index in [1.54, 1.807) is 0 Å². The minimum Gasteiger partial charge on any atom is -0.341 e. The second-order valence-corrected chi connectivity index (χ2v) is 7.55. The Morgan fingerprint density at radius 2 is 1.48 bits per heavy atom. The summed E-state index contributed by atoms with van der Waals surface area (Å²) in [6.45, 7) is 0. The van der Waals surface area contributed by atoms with Crippen molar-refractivity contribution in [3.05, 3.63) is 101 Å². The SMILES string of the molecule is O=C(c1ccccc1)C1(Sc2ccc(Cl)cc2)OC1c1ccccc1. The predicted octanol–water partition coefficient (Wildman–Crippen LogP) is 5.78. The van der Waals surface area contributed by atoms with Crippen LogP contribution in [0.15, 0.2) is 89.8 Å². The summed E-state index contributed by atoms with van der Waals surface area (Å²) in [7, 11) is 0. The van der Waals surface area contributed by atoms with Crippen molar-refractivity contribution in [2.75, 3.05) is 0 Å². The second kappa shape index (κ2) is 6.68. The maximum atomic E-state index is 13.2. The first-order valence-electron chi connectivity index (χ1n) is 7.96. The molecule has 0 aromatic heterocycles. The van der Waals surface area contributed by atoms with Crippen molar-refractivity contribution in [1.29, 1.82) is 0 Å². The van der Waals surface area contributed by atoms with Gasteiger partial charge in [0.2, 0.25) is 10.7 Å². The molecule has 1 heterocycles. The van der Waals surface area contributed by atoms with Crippen LogP contribution in [0.25, 0.3) is 0 Å². The van der Waals surface area contributed by atoms with Gasteiger partial charge in [0, 0.05) is 15.5 Å². The third-order valence-corrected chi connectivity index (χ3v) is 5.68. The Labute approximate surface area is 155 Å². The van der Waals surface area contributed by atoms with Crippen molar-refractivity contribution >= 4 is 29.1 Å². The quantitative estimate of drug-likeness (QED) is 0.423. The molecule has 0 N–H and O–H groups in total. The van der Waals surface area contributed by atoms with Crippen LogP contribution in [0.5, 0.6) is 0 Å². The Morgan fingerprint density at radius 3 is 2.12 bits per heavy atom. The van der Waals surface area contributed by atoms with Crippen LogP contribution in [-0.4, -0.2) is 10.7 Å². The number of hydrogen-bond acceptors (Lipinski definition) is 3. The largest absolute Gasteiger partial charge is 0.341 e. The van der Waals surface area contributed by atoms with E-state index in [1.807, 2.05) is 84.9 Å². The first-order chi connectivity index (χ1) is 12.2. The van der Waals surface area contributed by atoms with Crippen LogP contribution in [0.1, 0.15) is 22.0 Å². The molecule has 1 fully saturated rings. The topological polar surface area (TPSA) is 29.6 Å². The van der Waals surface area contributed by atoms with Gasteiger partial charge in [-0.3, -0.25) is 4.79 Å². The third-order valence-electron chi connectivity index (χ3n) is 4.12. The van der Waals surface area contributed by atoms with Crippen LogP contribution in [0.3, 0.4) is 0 Å². The van der Waals surface area contributed by atoms with Gasteiger partial charge in [-0.05, 0) is 29.8 Å². The zero-order valence-corrected chi connectivity index (χ0v) is 14.8. The molecule has 1 aliphatic rings. The number of hydrogen-bond donors (Lipinski definition) is 0. The fourth-order valence-electron chi connectivity index (χ4n) is 2.82. The number of ether oxygens (including phenoxy) is 1. The summed E-state index contributed by atoms with van der Waals surface area (Å²) in [6.07, 6.45) is -0.262. The highest BCUT2D eigenvalue weighted by molar-refractivity contribution is 8.01. The zero-order valence-electron chi connectivity index (χ0n) is 13.3. The molecule has 25 heavy (non-hydrogen) atoms. The first-order valence-corrected chi connectivity index (χ1v) is 9.16. The number of benzene rings is 3. The van der Waals surface area contributed by atoms with Crippen molar-refractivity contribution in [2.45, 2.75) is 15.9 Å². The van der Waals surface area contributed by atoms with E-state index in [0.29, 0.717) is 10.6 Å². The maximum absolute atomic E-state index is 13.2. The number of halogens is 1. The molecule has 0 radical (unpaired) electrons. The Bertz CT molecular complexity index is 881. The summed E-state index contributed by atoms with van der Waals surface area (Å²) in [5, 5.41) is 0.670. The fraction of sp³-hybridized carbons (Fsp3) is 0.0952. The Morgan fingerprint density at radius 1 is 0.880 bits per heavy atom. The third kappa shape index (κ3) is 3.23. The molecule has 2 unspecified atom stereocenters. The lowest BCUT2D eigenvalue weighted by molar-refractivity contribution is 0.0935. The molecule has 0 amide bonds.